The predicted octanol–water partition coefficient (Wildman–Crippen LogP) is 0.499. The van der Waals surface area contributed by atoms with E-state index in [-0.39, 0.29) is 30.7 Å². The summed E-state index contributed by atoms with van der Waals surface area (Å²) in [7, 11) is 3.50. The minimum atomic E-state index is -0.00536. The summed E-state index contributed by atoms with van der Waals surface area (Å²) in [4.78, 5) is 17.9. The van der Waals surface area contributed by atoms with Crippen molar-refractivity contribution in [2.45, 2.75) is 62.9 Å². The first kappa shape index (κ1) is 17.5. The first-order valence-corrected chi connectivity index (χ1v) is 9.14. The number of ether oxygens (including phenoxy) is 2. The molecule has 1 amide bonds. The molecule has 3 rings (SSSR count). The number of nitrogens with one attached hydrogen (secondary N) is 2. The normalized spacial score (nSPS) is 32.7. The molecule has 3 saturated heterocycles. The van der Waals surface area contributed by atoms with Crippen LogP contribution in [0.5, 0.6) is 0 Å². The first-order chi connectivity index (χ1) is 11.6. The lowest BCUT2D eigenvalue weighted by Crippen LogP contribution is -2.49. The molecule has 0 aromatic heterocycles. The Bertz CT molecular complexity index is 463. The third kappa shape index (κ3) is 4.60. The molecular formula is C17H30N4O3. The molecule has 2 N–H and O–H groups in total. The number of carbonyl (C=O) groups excluding carboxylic acids is 1. The molecule has 136 valence electrons. The molecule has 3 fully saturated rings. The highest BCUT2D eigenvalue weighted by atomic mass is 16.5. The fourth-order valence-corrected chi connectivity index (χ4v) is 3.58. The van der Waals surface area contributed by atoms with E-state index in [1.54, 1.807) is 19.0 Å². The van der Waals surface area contributed by atoms with Crippen molar-refractivity contribution in [3.63, 3.8) is 0 Å². The molecule has 3 heterocycles. The van der Waals surface area contributed by atoms with E-state index in [0.29, 0.717) is 12.1 Å². The van der Waals surface area contributed by atoms with Gasteiger partial charge in [-0.1, -0.05) is 0 Å². The topological polar surface area (TPSA) is 75.2 Å². The zero-order valence-electron chi connectivity index (χ0n) is 14.8. The van der Waals surface area contributed by atoms with Crippen molar-refractivity contribution < 1.29 is 14.3 Å². The van der Waals surface area contributed by atoms with Gasteiger partial charge in [-0.3, -0.25) is 4.79 Å². The molecule has 0 spiro atoms. The van der Waals surface area contributed by atoms with Crippen molar-refractivity contribution in [1.82, 2.24) is 15.5 Å². The SMILES string of the molecule is CN(C)C(=O)CN=C(NCC1CCCCO1)NC1CC2CCC1O2. The molecule has 0 radical (unpaired) electrons. The molecule has 0 saturated carbocycles. The Morgan fingerprint density at radius 2 is 2.12 bits per heavy atom. The third-order valence-electron chi connectivity index (χ3n) is 5.07. The molecule has 3 aliphatic rings. The Morgan fingerprint density at radius 3 is 2.75 bits per heavy atom. The Balaban J connectivity index is 1.54. The average molecular weight is 338 g/mol. The largest absolute Gasteiger partial charge is 0.376 e. The van der Waals surface area contributed by atoms with Crippen LogP contribution in [0.3, 0.4) is 0 Å². The highest BCUT2D eigenvalue weighted by Crippen LogP contribution is 2.34. The van der Waals surface area contributed by atoms with Crippen LogP contribution in [0.2, 0.25) is 0 Å². The quantitative estimate of drug-likeness (QED) is 0.564. The lowest BCUT2D eigenvalue weighted by Gasteiger charge is -2.26. The summed E-state index contributed by atoms with van der Waals surface area (Å²) in [5.74, 6) is 0.690. The van der Waals surface area contributed by atoms with E-state index in [9.17, 15) is 4.79 Å². The van der Waals surface area contributed by atoms with Crippen LogP contribution in [0.25, 0.3) is 0 Å². The molecule has 4 unspecified atom stereocenters. The number of fused-ring (bicyclic) bond motifs is 2. The standard InChI is InChI=1S/C17H30N4O3/c1-21(2)16(22)11-19-17(18-10-13-5-3-4-8-23-13)20-14-9-12-6-7-15(14)24-12/h12-15H,3-11H2,1-2H3,(H2,18,19,20). The fourth-order valence-electron chi connectivity index (χ4n) is 3.58. The average Bonchev–Trinajstić information content (AvgIpc) is 3.20. The Labute approximate surface area is 144 Å². The van der Waals surface area contributed by atoms with E-state index in [2.05, 4.69) is 15.6 Å². The molecule has 3 aliphatic heterocycles. The van der Waals surface area contributed by atoms with Crippen molar-refractivity contribution >= 4 is 11.9 Å². The minimum absolute atomic E-state index is 0.00536. The lowest BCUT2D eigenvalue weighted by atomic mass is 9.96. The van der Waals surface area contributed by atoms with Gasteiger partial charge in [-0.05, 0) is 38.5 Å². The zero-order chi connectivity index (χ0) is 16.9. The minimum Gasteiger partial charge on any atom is -0.376 e. The van der Waals surface area contributed by atoms with Crippen molar-refractivity contribution in [3.8, 4) is 0 Å². The van der Waals surface area contributed by atoms with Crippen LogP contribution in [0.15, 0.2) is 4.99 Å². The Morgan fingerprint density at radius 1 is 1.25 bits per heavy atom. The van der Waals surface area contributed by atoms with Gasteiger partial charge in [0, 0.05) is 27.2 Å². The van der Waals surface area contributed by atoms with Gasteiger partial charge >= 0.3 is 0 Å². The summed E-state index contributed by atoms with van der Waals surface area (Å²) >= 11 is 0. The summed E-state index contributed by atoms with van der Waals surface area (Å²) in [6.07, 6.45) is 7.63. The highest BCUT2D eigenvalue weighted by Gasteiger charge is 2.41. The fraction of sp³-hybridized carbons (Fsp3) is 0.882. The van der Waals surface area contributed by atoms with Crippen LogP contribution in [-0.2, 0) is 14.3 Å². The van der Waals surface area contributed by atoms with Gasteiger partial charge in [0.25, 0.3) is 0 Å². The summed E-state index contributed by atoms with van der Waals surface area (Å²) in [5, 5.41) is 6.83. The van der Waals surface area contributed by atoms with E-state index in [4.69, 9.17) is 9.47 Å². The van der Waals surface area contributed by atoms with Gasteiger partial charge < -0.3 is 25.0 Å². The van der Waals surface area contributed by atoms with Crippen molar-refractivity contribution in [3.05, 3.63) is 0 Å². The van der Waals surface area contributed by atoms with E-state index >= 15 is 0 Å². The summed E-state index contributed by atoms with van der Waals surface area (Å²) < 4.78 is 11.7. The van der Waals surface area contributed by atoms with Gasteiger partial charge in [0.2, 0.25) is 5.91 Å². The van der Waals surface area contributed by atoms with Crippen LogP contribution in [0, 0.1) is 0 Å². The number of aliphatic imine (C=N–C) groups is 1. The van der Waals surface area contributed by atoms with Crippen LogP contribution in [-0.4, -0.2) is 74.9 Å². The number of amides is 1. The van der Waals surface area contributed by atoms with Crippen LogP contribution >= 0.6 is 0 Å². The number of hydrogen-bond donors (Lipinski definition) is 2. The molecule has 4 atom stereocenters. The number of guanidine groups is 1. The maximum atomic E-state index is 11.8. The van der Waals surface area contributed by atoms with Crippen LogP contribution in [0.4, 0.5) is 0 Å². The summed E-state index contributed by atoms with van der Waals surface area (Å²) in [6, 6.07) is 0.289. The van der Waals surface area contributed by atoms with Crippen molar-refractivity contribution in [2.75, 3.05) is 33.8 Å². The van der Waals surface area contributed by atoms with Gasteiger partial charge in [0.1, 0.15) is 6.54 Å². The molecule has 2 bridgehead atoms. The van der Waals surface area contributed by atoms with Gasteiger partial charge in [-0.25, -0.2) is 4.99 Å². The van der Waals surface area contributed by atoms with E-state index in [1.165, 1.54) is 6.42 Å². The molecule has 0 aromatic carbocycles. The Kier molecular flexibility index (Phi) is 5.94. The van der Waals surface area contributed by atoms with Crippen molar-refractivity contribution in [2.24, 2.45) is 4.99 Å². The molecule has 7 nitrogen and oxygen atoms in total. The summed E-state index contributed by atoms with van der Waals surface area (Å²) in [6.45, 7) is 1.71. The van der Waals surface area contributed by atoms with Crippen LogP contribution < -0.4 is 10.6 Å². The monoisotopic (exact) mass is 338 g/mol. The van der Waals surface area contributed by atoms with Crippen LogP contribution in [0.1, 0.15) is 38.5 Å². The number of nitrogens with zero attached hydrogens (tertiary/aromatic N) is 2. The molecular weight excluding hydrogens is 308 g/mol. The molecule has 7 heteroatoms. The highest BCUT2D eigenvalue weighted by molar-refractivity contribution is 5.85. The number of hydrogen-bond acceptors (Lipinski definition) is 4. The number of carbonyl (C=O) groups is 1. The van der Waals surface area contributed by atoms with E-state index < -0.39 is 0 Å². The molecule has 0 aliphatic carbocycles. The van der Waals surface area contributed by atoms with Gasteiger partial charge in [0.15, 0.2) is 5.96 Å². The number of rotatable bonds is 5. The third-order valence-corrected chi connectivity index (χ3v) is 5.07. The number of likely N-dealkylation sites (N-methyl/N-ethyl adjacent to an activating group) is 1. The molecule has 0 aromatic rings. The second kappa shape index (κ2) is 8.16. The first-order valence-electron chi connectivity index (χ1n) is 9.14. The molecule has 24 heavy (non-hydrogen) atoms. The predicted molar refractivity (Wildman–Crippen MR) is 92.0 cm³/mol. The van der Waals surface area contributed by atoms with Gasteiger partial charge in [0.05, 0.1) is 24.4 Å². The summed E-state index contributed by atoms with van der Waals surface area (Å²) in [5.41, 5.74) is 0. The second-order valence-corrected chi connectivity index (χ2v) is 7.18. The van der Waals surface area contributed by atoms with Gasteiger partial charge in [-0.2, -0.15) is 0 Å². The second-order valence-electron chi connectivity index (χ2n) is 7.18. The van der Waals surface area contributed by atoms with Gasteiger partial charge in [-0.15, -0.1) is 0 Å². The smallest absolute Gasteiger partial charge is 0.243 e. The zero-order valence-corrected chi connectivity index (χ0v) is 14.8. The van der Waals surface area contributed by atoms with E-state index in [0.717, 1.165) is 45.3 Å². The van der Waals surface area contributed by atoms with E-state index in [1.807, 2.05) is 0 Å². The van der Waals surface area contributed by atoms with Crippen molar-refractivity contribution in [1.29, 1.82) is 0 Å². The maximum Gasteiger partial charge on any atom is 0.243 e. The lowest BCUT2D eigenvalue weighted by molar-refractivity contribution is -0.127. The Hall–Kier alpha value is -1.34. The maximum absolute atomic E-state index is 11.8.